The summed E-state index contributed by atoms with van der Waals surface area (Å²) in [5.74, 6) is 0.720. The lowest BCUT2D eigenvalue weighted by Crippen LogP contribution is -2.38. The van der Waals surface area contributed by atoms with E-state index in [0.29, 0.717) is 24.1 Å². The summed E-state index contributed by atoms with van der Waals surface area (Å²) in [6.07, 6.45) is 5.70. The molecule has 1 N–H and O–H groups in total. The van der Waals surface area contributed by atoms with Gasteiger partial charge < -0.3 is 15.0 Å². The molecule has 3 heterocycles. The molecule has 0 unspecified atom stereocenters. The smallest absolute Gasteiger partial charge is 0.213 e. The van der Waals surface area contributed by atoms with Gasteiger partial charge in [-0.15, -0.1) is 0 Å². The molecule has 3 rings (SSSR count). The molecule has 2 atom stereocenters. The van der Waals surface area contributed by atoms with Crippen LogP contribution in [-0.2, 0) is 0 Å². The Bertz CT molecular complexity index is 471. The summed E-state index contributed by atoms with van der Waals surface area (Å²) in [6.45, 7) is 9.68. The fraction of sp³-hybridized carbons (Fsp3) is 0.706. The summed E-state index contributed by atoms with van der Waals surface area (Å²) in [5.41, 5.74) is 1.64. The largest absolute Gasteiger partial charge is 0.478 e. The van der Waals surface area contributed by atoms with Crippen molar-refractivity contribution in [2.45, 2.75) is 52.1 Å². The molecule has 0 aromatic carbocycles. The van der Waals surface area contributed by atoms with Crippen LogP contribution in [0, 0.1) is 5.41 Å². The number of hydrogen-bond donors (Lipinski definition) is 1. The van der Waals surface area contributed by atoms with Gasteiger partial charge in [0.2, 0.25) is 5.88 Å². The van der Waals surface area contributed by atoms with Crippen LogP contribution >= 0.6 is 0 Å². The quantitative estimate of drug-likeness (QED) is 0.928. The van der Waals surface area contributed by atoms with Gasteiger partial charge in [0.15, 0.2) is 0 Å². The number of nitrogens with one attached hydrogen (secondary N) is 1. The summed E-state index contributed by atoms with van der Waals surface area (Å²) in [5, 5.41) is 3.71. The third kappa shape index (κ3) is 3.31. The topological polar surface area (TPSA) is 37.4 Å². The zero-order chi connectivity index (χ0) is 14.9. The van der Waals surface area contributed by atoms with Crippen molar-refractivity contribution in [2.24, 2.45) is 5.41 Å². The van der Waals surface area contributed by atoms with Gasteiger partial charge in [0.05, 0.1) is 18.5 Å². The van der Waals surface area contributed by atoms with E-state index in [1.54, 1.807) is 0 Å². The molecule has 2 aliphatic rings. The molecule has 1 aromatic rings. The summed E-state index contributed by atoms with van der Waals surface area (Å²) in [6, 6.07) is 5.34. The van der Waals surface area contributed by atoms with Gasteiger partial charge in [-0.25, -0.2) is 4.98 Å². The third-order valence-electron chi connectivity index (χ3n) is 4.70. The number of fused-ring (bicyclic) bond motifs is 3. The standard InChI is InChI=1S/C17H27N3O/c1-4-21-16-6-5-15(11-19-16)20-12-13-9-17(2,3)10-14(20)7-8-18-13/h5-6,11,13-14,18H,4,7-10,12H2,1-3H3/t13-,14+/m0/s1. The van der Waals surface area contributed by atoms with E-state index < -0.39 is 0 Å². The first-order chi connectivity index (χ1) is 10.1. The number of anilines is 1. The predicted molar refractivity (Wildman–Crippen MR) is 86.0 cm³/mol. The first-order valence-electron chi connectivity index (χ1n) is 8.16. The van der Waals surface area contributed by atoms with E-state index in [1.807, 2.05) is 19.2 Å². The molecular weight excluding hydrogens is 262 g/mol. The van der Waals surface area contributed by atoms with Crippen LogP contribution in [0.4, 0.5) is 5.69 Å². The Morgan fingerprint density at radius 3 is 2.95 bits per heavy atom. The van der Waals surface area contributed by atoms with E-state index in [2.05, 4.69) is 35.1 Å². The van der Waals surface area contributed by atoms with Gasteiger partial charge in [-0.3, -0.25) is 0 Å². The Morgan fingerprint density at radius 1 is 1.38 bits per heavy atom. The molecule has 0 aliphatic carbocycles. The number of pyridine rings is 1. The summed E-state index contributed by atoms with van der Waals surface area (Å²) in [4.78, 5) is 7.00. The first kappa shape index (κ1) is 14.6. The maximum atomic E-state index is 5.45. The van der Waals surface area contributed by atoms with Crippen molar-refractivity contribution in [3.05, 3.63) is 18.3 Å². The zero-order valence-corrected chi connectivity index (χ0v) is 13.4. The second kappa shape index (κ2) is 5.84. The van der Waals surface area contributed by atoms with Gasteiger partial charge >= 0.3 is 0 Å². The molecule has 1 aromatic heterocycles. The summed E-state index contributed by atoms with van der Waals surface area (Å²) in [7, 11) is 0. The van der Waals surface area contributed by atoms with Crippen LogP contribution in [0.5, 0.6) is 5.88 Å². The molecule has 0 saturated carbocycles. The van der Waals surface area contributed by atoms with E-state index >= 15 is 0 Å². The van der Waals surface area contributed by atoms with Crippen molar-refractivity contribution in [3.8, 4) is 5.88 Å². The molecule has 2 bridgehead atoms. The van der Waals surface area contributed by atoms with Crippen molar-refractivity contribution >= 4 is 5.69 Å². The Balaban J connectivity index is 1.83. The van der Waals surface area contributed by atoms with E-state index in [9.17, 15) is 0 Å². The number of rotatable bonds is 3. The van der Waals surface area contributed by atoms with Crippen LogP contribution in [-0.4, -0.2) is 36.8 Å². The van der Waals surface area contributed by atoms with Gasteiger partial charge in [0.1, 0.15) is 0 Å². The molecule has 0 amide bonds. The molecule has 0 spiro atoms. The van der Waals surface area contributed by atoms with Crippen molar-refractivity contribution in [1.29, 1.82) is 0 Å². The fourth-order valence-electron chi connectivity index (χ4n) is 3.89. The van der Waals surface area contributed by atoms with Crippen LogP contribution in [0.15, 0.2) is 18.3 Å². The molecule has 0 radical (unpaired) electrons. The number of aromatic nitrogens is 1. The normalized spacial score (nSPS) is 28.0. The third-order valence-corrected chi connectivity index (χ3v) is 4.70. The lowest BCUT2D eigenvalue weighted by molar-refractivity contribution is 0.250. The SMILES string of the molecule is CCOc1ccc(N2C[C@@H]3CC(C)(C)C[C@H]2CCN3)cn1. The average molecular weight is 289 g/mol. The number of ether oxygens (including phenoxy) is 1. The second-order valence-electron chi connectivity index (χ2n) is 7.11. The van der Waals surface area contributed by atoms with Gasteiger partial charge in [0, 0.05) is 24.7 Å². The van der Waals surface area contributed by atoms with E-state index in [-0.39, 0.29) is 0 Å². The Hall–Kier alpha value is -1.29. The highest BCUT2D eigenvalue weighted by Gasteiger charge is 2.37. The predicted octanol–water partition coefficient (Wildman–Crippen LogP) is 2.84. The summed E-state index contributed by atoms with van der Waals surface area (Å²) < 4.78 is 5.45. The Morgan fingerprint density at radius 2 is 2.24 bits per heavy atom. The number of hydrogen-bond acceptors (Lipinski definition) is 4. The average Bonchev–Trinajstić information content (AvgIpc) is 2.68. The zero-order valence-electron chi connectivity index (χ0n) is 13.4. The van der Waals surface area contributed by atoms with Gasteiger partial charge in [-0.05, 0) is 44.2 Å². The van der Waals surface area contributed by atoms with Gasteiger partial charge in [0.25, 0.3) is 0 Å². The fourth-order valence-corrected chi connectivity index (χ4v) is 3.89. The summed E-state index contributed by atoms with van der Waals surface area (Å²) >= 11 is 0. The van der Waals surface area contributed by atoms with E-state index in [0.717, 1.165) is 19.0 Å². The lowest BCUT2D eigenvalue weighted by atomic mass is 9.80. The minimum absolute atomic E-state index is 0.413. The number of nitrogens with zero attached hydrogens (tertiary/aromatic N) is 2. The van der Waals surface area contributed by atoms with Gasteiger partial charge in [-0.1, -0.05) is 13.8 Å². The van der Waals surface area contributed by atoms with Crippen molar-refractivity contribution in [2.75, 3.05) is 24.6 Å². The highest BCUT2D eigenvalue weighted by molar-refractivity contribution is 5.47. The van der Waals surface area contributed by atoms with E-state index in [1.165, 1.54) is 24.9 Å². The van der Waals surface area contributed by atoms with E-state index in [4.69, 9.17) is 4.74 Å². The molecule has 2 aliphatic heterocycles. The van der Waals surface area contributed by atoms with Gasteiger partial charge in [-0.2, -0.15) is 0 Å². The van der Waals surface area contributed by atoms with Crippen LogP contribution in [0.2, 0.25) is 0 Å². The van der Waals surface area contributed by atoms with Crippen molar-refractivity contribution < 1.29 is 4.74 Å². The highest BCUT2D eigenvalue weighted by Crippen LogP contribution is 2.38. The lowest BCUT2D eigenvalue weighted by Gasteiger charge is -2.34. The second-order valence-corrected chi connectivity index (χ2v) is 7.11. The van der Waals surface area contributed by atoms with Crippen LogP contribution < -0.4 is 15.0 Å². The molecule has 4 nitrogen and oxygen atoms in total. The Kier molecular flexibility index (Phi) is 4.07. The van der Waals surface area contributed by atoms with Crippen molar-refractivity contribution in [3.63, 3.8) is 0 Å². The maximum Gasteiger partial charge on any atom is 0.213 e. The highest BCUT2D eigenvalue weighted by atomic mass is 16.5. The first-order valence-corrected chi connectivity index (χ1v) is 8.16. The maximum absolute atomic E-state index is 5.45. The molecule has 2 fully saturated rings. The minimum atomic E-state index is 0.413. The minimum Gasteiger partial charge on any atom is -0.478 e. The molecular formula is C17H27N3O. The molecule has 116 valence electrons. The van der Waals surface area contributed by atoms with Crippen LogP contribution in [0.25, 0.3) is 0 Å². The van der Waals surface area contributed by atoms with Crippen LogP contribution in [0.1, 0.15) is 40.0 Å². The van der Waals surface area contributed by atoms with Crippen molar-refractivity contribution in [1.82, 2.24) is 10.3 Å². The molecule has 2 saturated heterocycles. The van der Waals surface area contributed by atoms with Crippen LogP contribution in [0.3, 0.4) is 0 Å². The Labute approximate surface area is 127 Å². The molecule has 21 heavy (non-hydrogen) atoms. The monoisotopic (exact) mass is 289 g/mol. The molecule has 4 heteroatoms.